The van der Waals surface area contributed by atoms with Gasteiger partial charge in [-0.15, -0.1) is 0 Å². The number of aryl methyl sites for hydroxylation is 1. The van der Waals surface area contributed by atoms with Gasteiger partial charge in [0.05, 0.1) is 0 Å². The largest absolute Gasteiger partial charge is 0.347 e. The summed E-state index contributed by atoms with van der Waals surface area (Å²) in [6, 6.07) is 6.63. The van der Waals surface area contributed by atoms with E-state index in [1.54, 1.807) is 0 Å². The van der Waals surface area contributed by atoms with Crippen molar-refractivity contribution in [2.45, 2.75) is 46.3 Å². The molecule has 0 bridgehead atoms. The predicted octanol–water partition coefficient (Wildman–Crippen LogP) is 3.14. The van der Waals surface area contributed by atoms with Crippen molar-refractivity contribution in [1.29, 1.82) is 0 Å². The number of hydrogen-bond donors (Lipinski definition) is 1. The summed E-state index contributed by atoms with van der Waals surface area (Å²) in [5.41, 5.74) is 3.91. The fourth-order valence-electron chi connectivity index (χ4n) is 3.15. The van der Waals surface area contributed by atoms with Crippen LogP contribution in [0.4, 0.5) is 4.79 Å². The minimum Gasteiger partial charge on any atom is -0.347 e. The van der Waals surface area contributed by atoms with Crippen molar-refractivity contribution in [3.8, 4) is 0 Å². The molecule has 0 saturated heterocycles. The molecule has 2 aromatic rings. The van der Waals surface area contributed by atoms with Crippen LogP contribution in [-0.4, -0.2) is 28.1 Å². The zero-order chi connectivity index (χ0) is 15.0. The number of benzene rings is 1. The quantitative estimate of drug-likeness (QED) is 0.904. The van der Waals surface area contributed by atoms with Crippen LogP contribution in [0.5, 0.6) is 0 Å². The summed E-state index contributed by atoms with van der Waals surface area (Å²) in [5, 5.41) is 4.34. The second kappa shape index (κ2) is 5.43. The van der Waals surface area contributed by atoms with Gasteiger partial charge in [-0.25, -0.2) is 4.79 Å². The molecule has 0 aliphatic carbocycles. The molecule has 0 atom stereocenters. The molecule has 1 N–H and O–H groups in total. The molecule has 2 heterocycles. The van der Waals surface area contributed by atoms with Crippen LogP contribution in [0.3, 0.4) is 0 Å². The summed E-state index contributed by atoms with van der Waals surface area (Å²) >= 11 is 0. The molecule has 2 amide bonds. The highest BCUT2D eigenvalue weighted by molar-refractivity contribution is 5.88. The zero-order valence-corrected chi connectivity index (χ0v) is 13.0. The number of nitrogens with one attached hydrogen (secondary N) is 1. The summed E-state index contributed by atoms with van der Waals surface area (Å²) in [6.07, 6.45) is 3.17. The standard InChI is InChI=1S/C17H23N3O/c1-4-19-10-14-8-9-20(17(21)18-12(2)3)11-13-6-5-7-15(19)16(13)14/h5-7,10,12H,4,8-9,11H2,1-3H3,(H,18,21). The molecule has 3 rings (SSSR count). The lowest BCUT2D eigenvalue weighted by Gasteiger charge is -2.23. The number of urea groups is 1. The van der Waals surface area contributed by atoms with E-state index >= 15 is 0 Å². The second-order valence-corrected chi connectivity index (χ2v) is 6.03. The monoisotopic (exact) mass is 285 g/mol. The van der Waals surface area contributed by atoms with Gasteiger partial charge in [-0.05, 0) is 44.4 Å². The first kappa shape index (κ1) is 14.0. The fraction of sp³-hybridized carbons (Fsp3) is 0.471. The summed E-state index contributed by atoms with van der Waals surface area (Å²) in [6.45, 7) is 8.61. The van der Waals surface area contributed by atoms with Crippen molar-refractivity contribution in [1.82, 2.24) is 14.8 Å². The summed E-state index contributed by atoms with van der Waals surface area (Å²) in [7, 11) is 0. The minimum atomic E-state index is 0.0375. The molecule has 0 fully saturated rings. The third kappa shape index (κ3) is 2.50. The van der Waals surface area contributed by atoms with Crippen LogP contribution in [0.1, 0.15) is 31.9 Å². The molecule has 4 heteroatoms. The number of carbonyl (C=O) groups is 1. The van der Waals surface area contributed by atoms with Gasteiger partial charge >= 0.3 is 6.03 Å². The highest BCUT2D eigenvalue weighted by atomic mass is 16.2. The third-order valence-electron chi connectivity index (χ3n) is 4.12. The Morgan fingerprint density at radius 3 is 2.86 bits per heavy atom. The molecule has 0 saturated carbocycles. The van der Waals surface area contributed by atoms with Crippen molar-refractivity contribution in [2.24, 2.45) is 0 Å². The Hall–Kier alpha value is -1.97. The van der Waals surface area contributed by atoms with Gasteiger partial charge in [0.25, 0.3) is 0 Å². The molecule has 4 nitrogen and oxygen atoms in total. The highest BCUT2D eigenvalue weighted by Gasteiger charge is 2.22. The van der Waals surface area contributed by atoms with Crippen LogP contribution in [0.2, 0.25) is 0 Å². The summed E-state index contributed by atoms with van der Waals surface area (Å²) in [4.78, 5) is 14.2. The van der Waals surface area contributed by atoms with Gasteiger partial charge in [0.2, 0.25) is 0 Å². The Bertz CT molecular complexity index is 672. The van der Waals surface area contributed by atoms with Gasteiger partial charge in [-0.3, -0.25) is 0 Å². The lowest BCUT2D eigenvalue weighted by molar-refractivity contribution is 0.194. The molecule has 1 aromatic heterocycles. The van der Waals surface area contributed by atoms with Gasteiger partial charge in [-0.1, -0.05) is 12.1 Å². The summed E-state index contributed by atoms with van der Waals surface area (Å²) in [5.74, 6) is 0. The van der Waals surface area contributed by atoms with E-state index in [2.05, 4.69) is 41.2 Å². The number of carbonyl (C=O) groups excluding carboxylic acids is 1. The van der Waals surface area contributed by atoms with Gasteiger partial charge in [-0.2, -0.15) is 0 Å². The van der Waals surface area contributed by atoms with Crippen molar-refractivity contribution < 1.29 is 4.79 Å². The lowest BCUT2D eigenvalue weighted by Crippen LogP contribution is -2.43. The van der Waals surface area contributed by atoms with E-state index in [0.717, 1.165) is 19.5 Å². The van der Waals surface area contributed by atoms with Gasteiger partial charge < -0.3 is 14.8 Å². The van der Waals surface area contributed by atoms with Crippen LogP contribution in [0.25, 0.3) is 10.9 Å². The van der Waals surface area contributed by atoms with E-state index in [4.69, 9.17) is 0 Å². The SMILES string of the molecule is CCn1cc2c3c(cccc31)CN(C(=O)NC(C)C)CC2. The number of nitrogens with zero attached hydrogens (tertiary/aromatic N) is 2. The maximum Gasteiger partial charge on any atom is 0.317 e. The number of amides is 2. The normalized spacial score (nSPS) is 14.6. The molecular formula is C17H23N3O. The molecule has 0 unspecified atom stereocenters. The van der Waals surface area contributed by atoms with Gasteiger partial charge in [0, 0.05) is 42.8 Å². The van der Waals surface area contributed by atoms with Crippen LogP contribution in [-0.2, 0) is 19.5 Å². The molecule has 1 aromatic carbocycles. The van der Waals surface area contributed by atoms with Crippen LogP contribution < -0.4 is 5.32 Å². The lowest BCUT2D eigenvalue weighted by atomic mass is 10.1. The smallest absolute Gasteiger partial charge is 0.317 e. The van der Waals surface area contributed by atoms with E-state index in [1.807, 2.05) is 18.7 Å². The van der Waals surface area contributed by atoms with E-state index < -0.39 is 0 Å². The number of hydrogen-bond acceptors (Lipinski definition) is 1. The van der Waals surface area contributed by atoms with Crippen molar-refractivity contribution in [2.75, 3.05) is 6.54 Å². The topological polar surface area (TPSA) is 37.3 Å². The Labute approximate surface area is 125 Å². The Morgan fingerprint density at radius 2 is 2.14 bits per heavy atom. The molecule has 21 heavy (non-hydrogen) atoms. The van der Waals surface area contributed by atoms with E-state index in [0.29, 0.717) is 6.54 Å². The molecule has 1 aliphatic rings. The van der Waals surface area contributed by atoms with Gasteiger partial charge in [0.1, 0.15) is 0 Å². The van der Waals surface area contributed by atoms with E-state index in [1.165, 1.54) is 22.0 Å². The number of aromatic nitrogens is 1. The van der Waals surface area contributed by atoms with Crippen molar-refractivity contribution >= 4 is 16.9 Å². The Morgan fingerprint density at radius 1 is 1.33 bits per heavy atom. The van der Waals surface area contributed by atoms with Crippen LogP contribution in [0.15, 0.2) is 24.4 Å². The van der Waals surface area contributed by atoms with Crippen LogP contribution in [0, 0.1) is 0 Å². The maximum atomic E-state index is 12.3. The minimum absolute atomic E-state index is 0.0375. The molecule has 0 radical (unpaired) electrons. The molecule has 0 spiro atoms. The number of rotatable bonds is 2. The second-order valence-electron chi connectivity index (χ2n) is 6.03. The third-order valence-corrected chi connectivity index (χ3v) is 4.12. The molecule has 112 valence electrons. The highest BCUT2D eigenvalue weighted by Crippen LogP contribution is 2.29. The Kier molecular flexibility index (Phi) is 3.62. The van der Waals surface area contributed by atoms with Crippen molar-refractivity contribution in [3.05, 3.63) is 35.5 Å². The fourth-order valence-corrected chi connectivity index (χ4v) is 3.15. The molecule has 1 aliphatic heterocycles. The first-order valence-corrected chi connectivity index (χ1v) is 7.75. The first-order chi connectivity index (χ1) is 10.1. The maximum absolute atomic E-state index is 12.3. The summed E-state index contributed by atoms with van der Waals surface area (Å²) < 4.78 is 2.30. The van der Waals surface area contributed by atoms with E-state index in [-0.39, 0.29) is 12.1 Å². The van der Waals surface area contributed by atoms with Crippen molar-refractivity contribution in [3.63, 3.8) is 0 Å². The molecular weight excluding hydrogens is 262 g/mol. The Balaban J connectivity index is 1.97. The van der Waals surface area contributed by atoms with E-state index in [9.17, 15) is 4.79 Å². The predicted molar refractivity (Wildman–Crippen MR) is 85.4 cm³/mol. The first-order valence-electron chi connectivity index (χ1n) is 7.75. The average Bonchev–Trinajstić information content (AvgIpc) is 2.69. The zero-order valence-electron chi connectivity index (χ0n) is 13.0. The average molecular weight is 285 g/mol. The van der Waals surface area contributed by atoms with Gasteiger partial charge in [0.15, 0.2) is 0 Å². The van der Waals surface area contributed by atoms with Crippen LogP contribution >= 0.6 is 0 Å².